The molecule has 0 saturated heterocycles. The van der Waals surface area contributed by atoms with Gasteiger partial charge in [0, 0.05) is 11.6 Å². The molecule has 0 N–H and O–H groups in total. The number of carbonyl (C=O) groups is 1. The lowest BCUT2D eigenvalue weighted by Crippen LogP contribution is -2.08. The fraction of sp³-hybridized carbons (Fsp3) is 0.111. The average molecular weight is 338 g/mol. The Hall–Kier alpha value is -3.48. The van der Waals surface area contributed by atoms with E-state index in [1.54, 1.807) is 19.1 Å². The van der Waals surface area contributed by atoms with Crippen molar-refractivity contribution in [2.24, 2.45) is 0 Å². The van der Waals surface area contributed by atoms with Crippen LogP contribution in [0.3, 0.4) is 0 Å². The second-order valence-corrected chi connectivity index (χ2v) is 5.25. The number of oxazole rings is 1. The molecule has 0 amide bonds. The van der Waals surface area contributed by atoms with E-state index in [9.17, 15) is 14.9 Å². The van der Waals surface area contributed by atoms with Gasteiger partial charge in [0.2, 0.25) is 5.89 Å². The van der Waals surface area contributed by atoms with Crippen molar-refractivity contribution in [3.8, 4) is 11.5 Å². The van der Waals surface area contributed by atoms with Gasteiger partial charge in [-0.25, -0.2) is 9.78 Å². The predicted octanol–water partition coefficient (Wildman–Crippen LogP) is 3.92. The van der Waals surface area contributed by atoms with Crippen molar-refractivity contribution >= 4 is 11.7 Å². The normalized spacial score (nSPS) is 10.4. The van der Waals surface area contributed by atoms with E-state index < -0.39 is 10.9 Å². The molecule has 0 fully saturated rings. The van der Waals surface area contributed by atoms with Crippen LogP contribution < -0.4 is 0 Å². The summed E-state index contributed by atoms with van der Waals surface area (Å²) in [5, 5.41) is 11.0. The Labute approximate surface area is 143 Å². The Morgan fingerprint density at radius 1 is 1.16 bits per heavy atom. The average Bonchev–Trinajstić information content (AvgIpc) is 3.02. The minimum absolute atomic E-state index is 0.0532. The first-order chi connectivity index (χ1) is 12.1. The van der Waals surface area contributed by atoms with E-state index in [1.807, 2.05) is 30.3 Å². The molecule has 2 aromatic carbocycles. The standard InChI is InChI=1S/C18H14N2O5/c1-12-16(19-17(25-12)13-7-3-2-4-8-13)18(21)24-11-14-9-5-6-10-15(14)20(22)23/h2-10H,11H2,1H3. The van der Waals surface area contributed by atoms with Crippen LogP contribution in [0.25, 0.3) is 11.5 Å². The number of nitro benzene ring substituents is 1. The van der Waals surface area contributed by atoms with E-state index in [-0.39, 0.29) is 18.0 Å². The maximum atomic E-state index is 12.3. The minimum Gasteiger partial charge on any atom is -0.456 e. The first-order valence-electron chi connectivity index (χ1n) is 7.48. The van der Waals surface area contributed by atoms with Gasteiger partial charge in [-0.3, -0.25) is 10.1 Å². The highest BCUT2D eigenvalue weighted by molar-refractivity contribution is 5.88. The maximum Gasteiger partial charge on any atom is 0.360 e. The van der Waals surface area contributed by atoms with Crippen LogP contribution in [0.5, 0.6) is 0 Å². The fourth-order valence-electron chi connectivity index (χ4n) is 2.31. The molecule has 1 heterocycles. The van der Waals surface area contributed by atoms with Crippen molar-refractivity contribution in [2.45, 2.75) is 13.5 Å². The number of esters is 1. The van der Waals surface area contributed by atoms with E-state index in [1.165, 1.54) is 12.1 Å². The Morgan fingerprint density at radius 2 is 1.84 bits per heavy atom. The van der Waals surface area contributed by atoms with Gasteiger partial charge in [-0.05, 0) is 25.1 Å². The summed E-state index contributed by atoms with van der Waals surface area (Å²) in [6, 6.07) is 15.3. The highest BCUT2D eigenvalue weighted by atomic mass is 16.6. The number of aromatic nitrogens is 1. The third kappa shape index (κ3) is 3.55. The van der Waals surface area contributed by atoms with Crippen molar-refractivity contribution in [2.75, 3.05) is 0 Å². The highest BCUT2D eigenvalue weighted by Gasteiger charge is 2.21. The summed E-state index contributed by atoms with van der Waals surface area (Å²) in [6.07, 6.45) is 0. The van der Waals surface area contributed by atoms with Crippen molar-refractivity contribution in [3.63, 3.8) is 0 Å². The summed E-state index contributed by atoms with van der Waals surface area (Å²) in [5.41, 5.74) is 1.00. The number of para-hydroxylation sites is 1. The van der Waals surface area contributed by atoms with Gasteiger partial charge >= 0.3 is 5.97 Å². The van der Waals surface area contributed by atoms with Gasteiger partial charge in [0.1, 0.15) is 12.4 Å². The Bertz CT molecular complexity index is 918. The topological polar surface area (TPSA) is 95.5 Å². The Kier molecular flexibility index (Phi) is 4.56. The molecule has 0 atom stereocenters. The monoisotopic (exact) mass is 338 g/mol. The van der Waals surface area contributed by atoms with Crippen LogP contribution in [0.1, 0.15) is 21.8 Å². The number of nitrogens with zero attached hydrogens (tertiary/aromatic N) is 2. The number of aryl methyl sites for hydroxylation is 1. The summed E-state index contributed by atoms with van der Waals surface area (Å²) >= 11 is 0. The minimum atomic E-state index is -0.693. The SMILES string of the molecule is Cc1oc(-c2ccccc2)nc1C(=O)OCc1ccccc1[N+](=O)[O-]. The van der Waals surface area contributed by atoms with Crippen molar-refractivity contribution in [1.29, 1.82) is 0 Å². The molecular formula is C18H14N2O5. The summed E-state index contributed by atoms with van der Waals surface area (Å²) in [6.45, 7) is 1.39. The van der Waals surface area contributed by atoms with E-state index in [0.717, 1.165) is 5.56 Å². The first-order valence-corrected chi connectivity index (χ1v) is 7.48. The van der Waals surface area contributed by atoms with Crippen LogP contribution in [0.15, 0.2) is 59.0 Å². The third-order valence-electron chi connectivity index (χ3n) is 3.56. The molecular weight excluding hydrogens is 324 g/mol. The molecule has 0 aliphatic rings. The zero-order valence-electron chi connectivity index (χ0n) is 13.3. The third-order valence-corrected chi connectivity index (χ3v) is 3.56. The lowest BCUT2D eigenvalue weighted by molar-refractivity contribution is -0.385. The number of rotatable bonds is 5. The largest absolute Gasteiger partial charge is 0.456 e. The molecule has 1 aromatic heterocycles. The maximum absolute atomic E-state index is 12.3. The van der Waals surface area contributed by atoms with Crippen molar-refractivity contribution < 1.29 is 18.9 Å². The zero-order chi connectivity index (χ0) is 17.8. The van der Waals surface area contributed by atoms with Gasteiger partial charge in [0.15, 0.2) is 5.69 Å². The molecule has 0 bridgehead atoms. The van der Waals surface area contributed by atoms with Gasteiger partial charge in [0.25, 0.3) is 5.69 Å². The number of carbonyl (C=O) groups excluding carboxylic acids is 1. The van der Waals surface area contributed by atoms with Crippen molar-refractivity contribution in [3.05, 3.63) is 81.7 Å². The molecule has 7 heteroatoms. The van der Waals surface area contributed by atoms with Crippen LogP contribution in [-0.2, 0) is 11.3 Å². The molecule has 126 valence electrons. The van der Waals surface area contributed by atoms with Crippen LogP contribution >= 0.6 is 0 Å². The zero-order valence-corrected chi connectivity index (χ0v) is 13.3. The van der Waals surface area contributed by atoms with Crippen LogP contribution in [-0.4, -0.2) is 15.9 Å². The molecule has 3 aromatic rings. The number of ether oxygens (including phenoxy) is 1. The van der Waals surface area contributed by atoms with Gasteiger partial charge in [-0.1, -0.05) is 30.3 Å². The number of benzene rings is 2. The quantitative estimate of drug-likeness (QED) is 0.397. The second kappa shape index (κ2) is 6.96. The van der Waals surface area contributed by atoms with E-state index >= 15 is 0 Å². The fourth-order valence-corrected chi connectivity index (χ4v) is 2.31. The van der Waals surface area contributed by atoms with E-state index in [0.29, 0.717) is 17.2 Å². The van der Waals surface area contributed by atoms with Crippen LogP contribution in [0, 0.1) is 17.0 Å². The first kappa shape index (κ1) is 16.4. The summed E-state index contributed by atoms with van der Waals surface area (Å²) < 4.78 is 10.7. The summed E-state index contributed by atoms with van der Waals surface area (Å²) in [7, 11) is 0. The number of hydrogen-bond acceptors (Lipinski definition) is 6. The molecule has 0 unspecified atom stereocenters. The van der Waals surface area contributed by atoms with Gasteiger partial charge in [-0.15, -0.1) is 0 Å². The van der Waals surface area contributed by atoms with Crippen molar-refractivity contribution in [1.82, 2.24) is 4.98 Å². The van der Waals surface area contributed by atoms with Crippen LogP contribution in [0.2, 0.25) is 0 Å². The molecule has 0 saturated carbocycles. The molecule has 0 spiro atoms. The number of hydrogen-bond donors (Lipinski definition) is 0. The molecule has 3 rings (SSSR count). The van der Waals surface area contributed by atoms with E-state index in [4.69, 9.17) is 9.15 Å². The van der Waals surface area contributed by atoms with Gasteiger partial charge in [-0.2, -0.15) is 0 Å². The van der Waals surface area contributed by atoms with Gasteiger partial charge < -0.3 is 9.15 Å². The molecule has 0 aliphatic carbocycles. The lowest BCUT2D eigenvalue weighted by Gasteiger charge is -2.04. The second-order valence-electron chi connectivity index (χ2n) is 5.25. The molecule has 0 radical (unpaired) electrons. The highest BCUT2D eigenvalue weighted by Crippen LogP contribution is 2.23. The number of nitro groups is 1. The molecule has 7 nitrogen and oxygen atoms in total. The Balaban J connectivity index is 1.77. The van der Waals surface area contributed by atoms with E-state index in [2.05, 4.69) is 4.98 Å². The van der Waals surface area contributed by atoms with Crippen LogP contribution in [0.4, 0.5) is 5.69 Å². The predicted molar refractivity (Wildman–Crippen MR) is 88.9 cm³/mol. The molecule has 25 heavy (non-hydrogen) atoms. The Morgan fingerprint density at radius 3 is 2.56 bits per heavy atom. The summed E-state index contributed by atoms with van der Waals surface area (Å²) in [5.74, 6) is -0.0521. The summed E-state index contributed by atoms with van der Waals surface area (Å²) in [4.78, 5) is 26.9. The molecule has 0 aliphatic heterocycles. The van der Waals surface area contributed by atoms with Gasteiger partial charge in [0.05, 0.1) is 10.5 Å². The lowest BCUT2D eigenvalue weighted by atomic mass is 10.2. The smallest absolute Gasteiger partial charge is 0.360 e.